The molecule has 0 bridgehead atoms. The van der Waals surface area contributed by atoms with E-state index in [1.54, 1.807) is 12.3 Å². The Bertz CT molecular complexity index is 449. The van der Waals surface area contributed by atoms with Gasteiger partial charge in [0.1, 0.15) is 4.60 Å². The van der Waals surface area contributed by atoms with Gasteiger partial charge in [-0.3, -0.25) is 4.79 Å². The van der Waals surface area contributed by atoms with Gasteiger partial charge in [-0.15, -0.1) is 0 Å². The minimum atomic E-state index is 0.0841. The van der Waals surface area contributed by atoms with Crippen LogP contribution in [-0.2, 0) is 0 Å². The molecule has 1 aromatic rings. The number of carbonyl (C=O) groups excluding carboxylic acids is 1. The highest BCUT2D eigenvalue weighted by atomic mass is 79.9. The van der Waals surface area contributed by atoms with Gasteiger partial charge in [0.2, 0.25) is 0 Å². The van der Waals surface area contributed by atoms with Gasteiger partial charge < -0.3 is 4.90 Å². The summed E-state index contributed by atoms with van der Waals surface area (Å²) >= 11 is 3.36. The third kappa shape index (κ3) is 2.58. The topological polar surface area (TPSA) is 33.2 Å². The molecule has 0 saturated carbocycles. The van der Waals surface area contributed by atoms with Gasteiger partial charge in [0.15, 0.2) is 0 Å². The predicted molar refractivity (Wildman–Crippen MR) is 75.4 cm³/mol. The quantitative estimate of drug-likeness (QED) is 0.745. The number of amides is 1. The van der Waals surface area contributed by atoms with Crippen LogP contribution in [0.15, 0.2) is 22.9 Å². The summed E-state index contributed by atoms with van der Waals surface area (Å²) in [4.78, 5) is 18.7. The maximum atomic E-state index is 12.6. The molecule has 4 heteroatoms. The monoisotopic (exact) mass is 310 g/mol. The number of carbonyl (C=O) groups is 1. The Morgan fingerprint density at radius 1 is 1.44 bits per heavy atom. The van der Waals surface area contributed by atoms with Gasteiger partial charge >= 0.3 is 0 Å². The smallest absolute Gasteiger partial charge is 0.256 e. The second-order valence-electron chi connectivity index (χ2n) is 5.36. The molecule has 0 radical (unpaired) electrons. The van der Waals surface area contributed by atoms with E-state index in [-0.39, 0.29) is 5.91 Å². The van der Waals surface area contributed by atoms with Crippen molar-refractivity contribution in [2.45, 2.75) is 33.2 Å². The zero-order valence-corrected chi connectivity index (χ0v) is 12.6. The third-order valence-electron chi connectivity index (χ3n) is 3.85. The van der Waals surface area contributed by atoms with Crippen molar-refractivity contribution >= 4 is 21.8 Å². The van der Waals surface area contributed by atoms with E-state index in [4.69, 9.17) is 0 Å². The highest BCUT2D eigenvalue weighted by Crippen LogP contribution is 2.29. The molecule has 2 heterocycles. The Labute approximate surface area is 117 Å². The Morgan fingerprint density at radius 3 is 2.83 bits per heavy atom. The van der Waals surface area contributed by atoms with Crippen LogP contribution in [0, 0.1) is 11.8 Å². The van der Waals surface area contributed by atoms with Crippen molar-refractivity contribution in [1.82, 2.24) is 9.88 Å². The molecule has 0 N–H and O–H groups in total. The van der Waals surface area contributed by atoms with E-state index >= 15 is 0 Å². The van der Waals surface area contributed by atoms with Crippen molar-refractivity contribution in [2.75, 3.05) is 6.54 Å². The number of halogens is 1. The summed E-state index contributed by atoms with van der Waals surface area (Å²) in [6, 6.07) is 3.93. The van der Waals surface area contributed by atoms with Crippen molar-refractivity contribution in [3.63, 3.8) is 0 Å². The van der Waals surface area contributed by atoms with Crippen LogP contribution in [-0.4, -0.2) is 28.4 Å². The first-order valence-corrected chi connectivity index (χ1v) is 7.21. The summed E-state index contributed by atoms with van der Waals surface area (Å²) in [6.45, 7) is 7.41. The number of aromatic nitrogens is 1. The molecular formula is C14H19BrN2O. The average Bonchev–Trinajstić information content (AvgIpc) is 2.33. The molecule has 1 aromatic heterocycles. The fourth-order valence-electron chi connectivity index (χ4n) is 2.68. The van der Waals surface area contributed by atoms with Crippen molar-refractivity contribution < 1.29 is 4.79 Å². The van der Waals surface area contributed by atoms with E-state index in [0.29, 0.717) is 28.0 Å². The molecular weight excluding hydrogens is 292 g/mol. The minimum Gasteiger partial charge on any atom is -0.335 e. The Balaban J connectivity index is 2.25. The number of hydrogen-bond acceptors (Lipinski definition) is 2. The highest BCUT2D eigenvalue weighted by molar-refractivity contribution is 9.10. The molecule has 3 unspecified atom stereocenters. The van der Waals surface area contributed by atoms with Crippen LogP contribution < -0.4 is 0 Å². The van der Waals surface area contributed by atoms with Gasteiger partial charge in [-0.05, 0) is 53.2 Å². The molecule has 2 rings (SSSR count). The van der Waals surface area contributed by atoms with Gasteiger partial charge in [0.25, 0.3) is 5.91 Å². The van der Waals surface area contributed by atoms with Crippen LogP contribution in [0.2, 0.25) is 0 Å². The summed E-state index contributed by atoms with van der Waals surface area (Å²) in [5.41, 5.74) is 0.658. The van der Waals surface area contributed by atoms with Gasteiger partial charge in [0, 0.05) is 18.8 Å². The normalized spacial score (nSPS) is 28.2. The lowest BCUT2D eigenvalue weighted by atomic mass is 9.85. The number of rotatable bonds is 1. The summed E-state index contributed by atoms with van der Waals surface area (Å²) in [5.74, 6) is 1.20. The highest BCUT2D eigenvalue weighted by Gasteiger charge is 2.32. The summed E-state index contributed by atoms with van der Waals surface area (Å²) < 4.78 is 0.632. The van der Waals surface area contributed by atoms with Crippen molar-refractivity contribution in [3.8, 4) is 0 Å². The lowest BCUT2D eigenvalue weighted by molar-refractivity contribution is 0.0454. The van der Waals surface area contributed by atoms with Crippen LogP contribution in [0.4, 0.5) is 0 Å². The van der Waals surface area contributed by atoms with E-state index < -0.39 is 0 Å². The fourth-order valence-corrected chi connectivity index (χ4v) is 3.10. The third-order valence-corrected chi connectivity index (χ3v) is 4.48. The van der Waals surface area contributed by atoms with Crippen LogP contribution in [0.3, 0.4) is 0 Å². The first-order chi connectivity index (χ1) is 8.50. The van der Waals surface area contributed by atoms with Gasteiger partial charge in [-0.1, -0.05) is 13.8 Å². The van der Waals surface area contributed by atoms with E-state index in [2.05, 4.69) is 41.7 Å². The Morgan fingerprint density at radius 2 is 2.17 bits per heavy atom. The summed E-state index contributed by atoms with van der Waals surface area (Å²) in [5, 5.41) is 0. The maximum Gasteiger partial charge on any atom is 0.256 e. The predicted octanol–water partition coefficient (Wildman–Crippen LogP) is 3.35. The minimum absolute atomic E-state index is 0.0841. The molecule has 3 atom stereocenters. The molecule has 0 aromatic carbocycles. The molecule has 1 aliphatic heterocycles. The second-order valence-corrected chi connectivity index (χ2v) is 6.11. The van der Waals surface area contributed by atoms with Gasteiger partial charge in [-0.25, -0.2) is 4.98 Å². The average molecular weight is 311 g/mol. The molecule has 1 fully saturated rings. The Hall–Kier alpha value is -0.900. The van der Waals surface area contributed by atoms with Crippen molar-refractivity contribution in [2.24, 2.45) is 11.8 Å². The van der Waals surface area contributed by atoms with Crippen molar-refractivity contribution in [3.05, 3.63) is 28.5 Å². The molecule has 1 amide bonds. The number of hydrogen-bond donors (Lipinski definition) is 0. The first-order valence-electron chi connectivity index (χ1n) is 6.42. The summed E-state index contributed by atoms with van der Waals surface area (Å²) in [6.07, 6.45) is 2.88. The number of nitrogens with zero attached hydrogens (tertiary/aromatic N) is 2. The fraction of sp³-hybridized carbons (Fsp3) is 0.571. The van der Waals surface area contributed by atoms with E-state index in [0.717, 1.165) is 6.54 Å². The van der Waals surface area contributed by atoms with Gasteiger partial charge in [-0.2, -0.15) is 0 Å². The van der Waals surface area contributed by atoms with Crippen LogP contribution >= 0.6 is 15.9 Å². The first kappa shape index (κ1) is 13.5. The Kier molecular flexibility index (Phi) is 4.05. The van der Waals surface area contributed by atoms with Crippen LogP contribution in [0.1, 0.15) is 37.6 Å². The van der Waals surface area contributed by atoms with Gasteiger partial charge in [0.05, 0.1) is 5.56 Å². The molecule has 98 valence electrons. The number of pyridine rings is 1. The molecule has 1 saturated heterocycles. The van der Waals surface area contributed by atoms with E-state index in [9.17, 15) is 4.79 Å². The number of piperidine rings is 1. The largest absolute Gasteiger partial charge is 0.335 e. The number of likely N-dealkylation sites (tertiary alicyclic amines) is 1. The zero-order chi connectivity index (χ0) is 13.3. The maximum absolute atomic E-state index is 12.6. The lowest BCUT2D eigenvalue weighted by Crippen LogP contribution is -2.48. The lowest BCUT2D eigenvalue weighted by Gasteiger charge is -2.41. The van der Waals surface area contributed by atoms with Crippen LogP contribution in [0.25, 0.3) is 0 Å². The van der Waals surface area contributed by atoms with E-state index in [1.165, 1.54) is 6.42 Å². The zero-order valence-electron chi connectivity index (χ0n) is 11.1. The molecule has 0 spiro atoms. The summed E-state index contributed by atoms with van der Waals surface area (Å²) in [7, 11) is 0. The molecule has 1 aliphatic rings. The molecule has 3 nitrogen and oxygen atoms in total. The molecule has 0 aliphatic carbocycles. The van der Waals surface area contributed by atoms with Crippen LogP contribution in [0.5, 0.6) is 0 Å². The molecule has 18 heavy (non-hydrogen) atoms. The standard InChI is InChI=1S/C14H19BrN2O/c1-9-7-10(2)11(3)17(8-9)14(18)12-5-4-6-16-13(12)15/h4-6,9-11H,7-8H2,1-3H3. The van der Waals surface area contributed by atoms with E-state index in [1.807, 2.05) is 11.0 Å². The second kappa shape index (κ2) is 5.39. The SMILES string of the molecule is CC1CC(C)C(C)N(C(=O)c2cccnc2Br)C1. The van der Waals surface area contributed by atoms with Crippen molar-refractivity contribution in [1.29, 1.82) is 0 Å².